The molecule has 23 heavy (non-hydrogen) atoms. The molecule has 0 aromatic heterocycles. The number of carbonyl (C=O) groups is 1. The predicted octanol–water partition coefficient (Wildman–Crippen LogP) is 5.04. The SMILES string of the molecule is O=C(O)NC1c2cc(-c3cccc(Cl)c3)ccc2CCC12CC2. The Morgan fingerprint density at radius 3 is 2.61 bits per heavy atom. The van der Waals surface area contributed by atoms with Gasteiger partial charge in [0.2, 0.25) is 0 Å². The van der Waals surface area contributed by atoms with Gasteiger partial charge < -0.3 is 10.4 Å². The summed E-state index contributed by atoms with van der Waals surface area (Å²) < 4.78 is 0. The van der Waals surface area contributed by atoms with E-state index in [4.69, 9.17) is 11.6 Å². The van der Waals surface area contributed by atoms with Gasteiger partial charge in [0.1, 0.15) is 0 Å². The summed E-state index contributed by atoms with van der Waals surface area (Å²) >= 11 is 6.10. The van der Waals surface area contributed by atoms with Gasteiger partial charge >= 0.3 is 6.09 Å². The van der Waals surface area contributed by atoms with E-state index in [9.17, 15) is 9.90 Å². The molecule has 0 radical (unpaired) electrons. The van der Waals surface area contributed by atoms with Gasteiger partial charge in [-0.2, -0.15) is 0 Å². The van der Waals surface area contributed by atoms with Crippen molar-refractivity contribution in [1.82, 2.24) is 5.32 Å². The summed E-state index contributed by atoms with van der Waals surface area (Å²) in [5.74, 6) is 0. The lowest BCUT2D eigenvalue weighted by Gasteiger charge is -2.34. The fourth-order valence-electron chi connectivity index (χ4n) is 3.85. The molecule has 4 heteroatoms. The Hall–Kier alpha value is -2.00. The van der Waals surface area contributed by atoms with Gasteiger partial charge in [-0.1, -0.05) is 35.9 Å². The smallest absolute Gasteiger partial charge is 0.405 e. The fourth-order valence-corrected chi connectivity index (χ4v) is 4.04. The molecule has 1 saturated carbocycles. The highest BCUT2D eigenvalue weighted by Gasteiger charge is 2.52. The van der Waals surface area contributed by atoms with Crippen molar-refractivity contribution in [3.63, 3.8) is 0 Å². The quantitative estimate of drug-likeness (QED) is 0.811. The molecule has 0 heterocycles. The minimum atomic E-state index is -0.942. The molecule has 4 rings (SSSR count). The Morgan fingerprint density at radius 2 is 1.91 bits per heavy atom. The third-order valence-electron chi connectivity index (χ3n) is 5.28. The molecule has 2 aliphatic rings. The van der Waals surface area contributed by atoms with Crippen molar-refractivity contribution in [2.45, 2.75) is 31.7 Å². The summed E-state index contributed by atoms with van der Waals surface area (Å²) in [4.78, 5) is 11.3. The summed E-state index contributed by atoms with van der Waals surface area (Å²) in [7, 11) is 0. The van der Waals surface area contributed by atoms with Crippen LogP contribution in [0.25, 0.3) is 11.1 Å². The topological polar surface area (TPSA) is 49.3 Å². The van der Waals surface area contributed by atoms with Gasteiger partial charge in [0, 0.05) is 5.02 Å². The zero-order valence-corrected chi connectivity index (χ0v) is 13.4. The summed E-state index contributed by atoms with van der Waals surface area (Å²) in [6, 6.07) is 14.1. The lowest BCUT2D eigenvalue weighted by molar-refractivity contribution is 0.178. The number of aryl methyl sites for hydroxylation is 1. The molecule has 1 fully saturated rings. The molecule has 1 amide bonds. The van der Waals surface area contributed by atoms with E-state index < -0.39 is 6.09 Å². The molecule has 1 atom stereocenters. The number of hydrogen-bond acceptors (Lipinski definition) is 1. The first-order valence-electron chi connectivity index (χ1n) is 7.96. The zero-order chi connectivity index (χ0) is 16.0. The van der Waals surface area contributed by atoms with Crippen molar-refractivity contribution in [1.29, 1.82) is 0 Å². The highest BCUT2D eigenvalue weighted by molar-refractivity contribution is 6.30. The standard InChI is InChI=1S/C19H18ClNO2/c20-15-3-1-2-13(10-15)14-5-4-12-6-7-19(8-9-19)17(16(12)11-14)21-18(22)23/h1-5,10-11,17,21H,6-9H2,(H,22,23). The zero-order valence-electron chi connectivity index (χ0n) is 12.7. The average Bonchev–Trinajstić information content (AvgIpc) is 3.30. The van der Waals surface area contributed by atoms with E-state index in [-0.39, 0.29) is 11.5 Å². The van der Waals surface area contributed by atoms with Gasteiger partial charge in [-0.15, -0.1) is 0 Å². The van der Waals surface area contributed by atoms with Crippen LogP contribution >= 0.6 is 11.6 Å². The largest absolute Gasteiger partial charge is 0.465 e. The highest BCUT2D eigenvalue weighted by atomic mass is 35.5. The van der Waals surface area contributed by atoms with E-state index in [1.807, 2.05) is 24.3 Å². The number of rotatable bonds is 2. The second-order valence-electron chi connectivity index (χ2n) is 6.67. The number of carboxylic acid groups (broad SMARTS) is 1. The van der Waals surface area contributed by atoms with Crippen molar-refractivity contribution in [3.05, 3.63) is 58.6 Å². The molecule has 2 aromatic rings. The molecule has 0 aliphatic heterocycles. The normalized spacial score (nSPS) is 20.8. The van der Waals surface area contributed by atoms with Crippen LogP contribution < -0.4 is 5.32 Å². The van der Waals surface area contributed by atoms with Crippen LogP contribution in [0.3, 0.4) is 0 Å². The summed E-state index contributed by atoms with van der Waals surface area (Å²) in [5, 5.41) is 12.7. The summed E-state index contributed by atoms with van der Waals surface area (Å²) in [6.45, 7) is 0. The van der Waals surface area contributed by atoms with Crippen molar-refractivity contribution >= 4 is 17.7 Å². The number of nitrogens with one attached hydrogen (secondary N) is 1. The second kappa shape index (κ2) is 5.27. The van der Waals surface area contributed by atoms with Crippen LogP contribution in [0.15, 0.2) is 42.5 Å². The predicted molar refractivity (Wildman–Crippen MR) is 90.8 cm³/mol. The minimum Gasteiger partial charge on any atom is -0.465 e. The maximum Gasteiger partial charge on any atom is 0.405 e. The highest BCUT2D eigenvalue weighted by Crippen LogP contribution is 2.61. The van der Waals surface area contributed by atoms with Crippen molar-refractivity contribution in [2.75, 3.05) is 0 Å². The lowest BCUT2D eigenvalue weighted by Crippen LogP contribution is -2.36. The molecule has 2 N–H and O–H groups in total. The van der Waals surface area contributed by atoms with E-state index in [0.717, 1.165) is 42.4 Å². The van der Waals surface area contributed by atoms with Gasteiger partial charge in [0.25, 0.3) is 0 Å². The molecule has 118 valence electrons. The third kappa shape index (κ3) is 2.59. The number of hydrogen-bond donors (Lipinski definition) is 2. The van der Waals surface area contributed by atoms with Gasteiger partial charge in [0.05, 0.1) is 6.04 Å². The maximum atomic E-state index is 11.3. The first-order valence-corrected chi connectivity index (χ1v) is 8.33. The number of fused-ring (bicyclic) bond motifs is 1. The van der Waals surface area contributed by atoms with Crippen LogP contribution in [-0.2, 0) is 6.42 Å². The molecule has 0 bridgehead atoms. The first kappa shape index (κ1) is 14.6. The van der Waals surface area contributed by atoms with Crippen molar-refractivity contribution < 1.29 is 9.90 Å². The molecule has 3 nitrogen and oxygen atoms in total. The van der Waals surface area contributed by atoms with Crippen LogP contribution in [0.5, 0.6) is 0 Å². The first-order chi connectivity index (χ1) is 11.1. The van der Waals surface area contributed by atoms with E-state index in [1.54, 1.807) is 0 Å². The van der Waals surface area contributed by atoms with Crippen LogP contribution in [0.1, 0.15) is 36.4 Å². The Morgan fingerprint density at radius 1 is 1.13 bits per heavy atom. The molecule has 1 spiro atoms. The maximum absolute atomic E-state index is 11.3. The van der Waals surface area contributed by atoms with Gasteiger partial charge in [-0.05, 0) is 71.6 Å². The minimum absolute atomic E-state index is 0.0946. The molecule has 1 unspecified atom stereocenters. The molecule has 2 aliphatic carbocycles. The monoisotopic (exact) mass is 327 g/mol. The number of halogens is 1. The van der Waals surface area contributed by atoms with Crippen molar-refractivity contribution in [3.8, 4) is 11.1 Å². The summed E-state index contributed by atoms with van der Waals surface area (Å²) in [5.41, 5.74) is 4.67. The number of amides is 1. The van der Waals surface area contributed by atoms with Crippen molar-refractivity contribution in [2.24, 2.45) is 5.41 Å². The van der Waals surface area contributed by atoms with E-state index in [0.29, 0.717) is 5.02 Å². The third-order valence-corrected chi connectivity index (χ3v) is 5.51. The van der Waals surface area contributed by atoms with E-state index in [1.165, 1.54) is 5.56 Å². The van der Waals surface area contributed by atoms with Gasteiger partial charge in [0.15, 0.2) is 0 Å². The van der Waals surface area contributed by atoms with E-state index in [2.05, 4.69) is 23.5 Å². The van der Waals surface area contributed by atoms with Crippen LogP contribution in [0.4, 0.5) is 4.79 Å². The Kier molecular flexibility index (Phi) is 3.34. The molecular formula is C19H18ClNO2. The number of benzene rings is 2. The average molecular weight is 328 g/mol. The second-order valence-corrected chi connectivity index (χ2v) is 7.11. The summed E-state index contributed by atoms with van der Waals surface area (Å²) in [6.07, 6.45) is 3.38. The Balaban J connectivity index is 1.78. The van der Waals surface area contributed by atoms with Gasteiger partial charge in [-0.3, -0.25) is 0 Å². The molecule has 0 saturated heterocycles. The molecule has 2 aromatic carbocycles. The fraction of sp³-hybridized carbons (Fsp3) is 0.316. The molecular weight excluding hydrogens is 310 g/mol. The van der Waals surface area contributed by atoms with E-state index >= 15 is 0 Å². The van der Waals surface area contributed by atoms with Crippen LogP contribution in [0, 0.1) is 5.41 Å². The van der Waals surface area contributed by atoms with Crippen LogP contribution in [-0.4, -0.2) is 11.2 Å². The lowest BCUT2D eigenvalue weighted by atomic mass is 9.76. The van der Waals surface area contributed by atoms with Gasteiger partial charge in [-0.25, -0.2) is 4.79 Å². The van der Waals surface area contributed by atoms with Crippen LogP contribution in [0.2, 0.25) is 5.02 Å². The Labute approximate surface area is 140 Å². The Bertz CT molecular complexity index is 783.